The summed E-state index contributed by atoms with van der Waals surface area (Å²) < 4.78 is 1.58. The van der Waals surface area contributed by atoms with E-state index in [1.807, 2.05) is 42.5 Å². The van der Waals surface area contributed by atoms with Crippen molar-refractivity contribution in [1.82, 2.24) is 4.90 Å². The highest BCUT2D eigenvalue weighted by Crippen LogP contribution is 2.32. The number of nitrogens with one attached hydrogen (secondary N) is 1. The molecule has 0 aromatic heterocycles. The third-order valence-corrected chi connectivity index (χ3v) is 6.38. The van der Waals surface area contributed by atoms with Crippen LogP contribution in [0.5, 0.6) is 0 Å². The van der Waals surface area contributed by atoms with Gasteiger partial charge in [-0.3, -0.25) is 9.69 Å². The normalized spacial score (nSPS) is 15.4. The number of rotatable bonds is 7. The van der Waals surface area contributed by atoms with Gasteiger partial charge in [0.25, 0.3) is 5.91 Å². The summed E-state index contributed by atoms with van der Waals surface area (Å²) in [5.41, 5.74) is 3.12. The Morgan fingerprint density at radius 3 is 2.36 bits per heavy atom. The van der Waals surface area contributed by atoms with Gasteiger partial charge in [-0.2, -0.15) is 0 Å². The maximum absolute atomic E-state index is 12.8. The molecule has 1 fully saturated rings. The molecule has 0 atom stereocenters. The van der Waals surface area contributed by atoms with E-state index in [0.29, 0.717) is 15.9 Å². The van der Waals surface area contributed by atoms with Crippen LogP contribution in [0.4, 0.5) is 11.4 Å². The van der Waals surface area contributed by atoms with Gasteiger partial charge in [-0.05, 0) is 61.9 Å². The van der Waals surface area contributed by atoms with Gasteiger partial charge in [0.05, 0.1) is 11.6 Å². The number of carbonyl (C=O) groups is 1. The van der Waals surface area contributed by atoms with Gasteiger partial charge in [0.15, 0.2) is 0 Å². The van der Waals surface area contributed by atoms with E-state index in [1.54, 1.807) is 4.90 Å². The molecule has 7 heteroatoms. The molecule has 0 bridgehead atoms. The zero-order chi connectivity index (χ0) is 20.1. The Hall–Kier alpha value is -1.83. The molecule has 0 aliphatic carbocycles. The lowest BCUT2D eigenvalue weighted by atomic mass is 10.1. The lowest BCUT2D eigenvalue weighted by Crippen LogP contribution is -2.33. The Morgan fingerprint density at radius 2 is 1.75 bits per heavy atom. The fourth-order valence-corrected chi connectivity index (χ4v) is 4.42. The van der Waals surface area contributed by atoms with Crippen molar-refractivity contribution in [2.75, 3.05) is 30.0 Å². The number of anilines is 2. The predicted octanol–water partition coefficient (Wildman–Crippen LogP) is 5.57. The SMILES string of the molecule is CCN(CC)c1ccc(/C=C2\SC(=S)N(CNc3ccc(Br)cc3)C2=O)cc1. The van der Waals surface area contributed by atoms with Crippen molar-refractivity contribution >= 4 is 67.6 Å². The third-order valence-electron chi connectivity index (χ3n) is 4.48. The predicted molar refractivity (Wildman–Crippen MR) is 128 cm³/mol. The second-order valence-electron chi connectivity index (χ2n) is 6.22. The molecule has 0 radical (unpaired) electrons. The summed E-state index contributed by atoms with van der Waals surface area (Å²) in [6.07, 6.45) is 1.91. The van der Waals surface area contributed by atoms with Crippen LogP contribution >= 0.6 is 39.9 Å². The number of thioether (sulfide) groups is 1. The standard InChI is InChI=1S/C21H22BrN3OS2/c1-3-24(4-2)18-11-5-15(6-12-18)13-19-20(26)25(21(27)28-19)14-23-17-9-7-16(22)8-10-17/h5-13,23H,3-4,14H2,1-2H3/b19-13-. The molecular formula is C21H22BrN3OS2. The van der Waals surface area contributed by atoms with Crippen LogP contribution in [0.25, 0.3) is 6.08 Å². The second-order valence-corrected chi connectivity index (χ2v) is 8.81. The van der Waals surface area contributed by atoms with E-state index in [9.17, 15) is 4.79 Å². The summed E-state index contributed by atoms with van der Waals surface area (Å²) in [7, 11) is 0. The Morgan fingerprint density at radius 1 is 1.11 bits per heavy atom. The number of hydrogen-bond donors (Lipinski definition) is 1. The highest BCUT2D eigenvalue weighted by Gasteiger charge is 2.31. The van der Waals surface area contributed by atoms with Crippen molar-refractivity contribution in [2.45, 2.75) is 13.8 Å². The highest BCUT2D eigenvalue weighted by molar-refractivity contribution is 9.10. The number of halogens is 1. The Labute approximate surface area is 184 Å². The molecule has 1 aliphatic heterocycles. The van der Waals surface area contributed by atoms with Crippen LogP contribution in [-0.2, 0) is 4.79 Å². The third kappa shape index (κ3) is 4.96. The van der Waals surface area contributed by atoms with Gasteiger partial charge < -0.3 is 10.2 Å². The van der Waals surface area contributed by atoms with Crippen LogP contribution in [0, 0.1) is 0 Å². The van der Waals surface area contributed by atoms with Gasteiger partial charge in [-0.1, -0.05) is 52.0 Å². The van der Waals surface area contributed by atoms with E-state index < -0.39 is 0 Å². The lowest BCUT2D eigenvalue weighted by Gasteiger charge is -2.20. The van der Waals surface area contributed by atoms with Crippen LogP contribution < -0.4 is 10.2 Å². The monoisotopic (exact) mass is 475 g/mol. The molecule has 2 aromatic carbocycles. The first-order valence-corrected chi connectivity index (χ1v) is 11.1. The number of thiocarbonyl (C=S) groups is 1. The molecule has 3 rings (SSSR count). The quantitative estimate of drug-likeness (QED) is 0.418. The zero-order valence-corrected chi connectivity index (χ0v) is 19.0. The van der Waals surface area contributed by atoms with Crippen molar-refractivity contribution in [3.8, 4) is 0 Å². The lowest BCUT2D eigenvalue weighted by molar-refractivity contribution is -0.121. The van der Waals surface area contributed by atoms with Crippen LogP contribution in [0.2, 0.25) is 0 Å². The van der Waals surface area contributed by atoms with E-state index in [0.717, 1.165) is 28.8 Å². The molecule has 0 spiro atoms. The number of hydrogen-bond acceptors (Lipinski definition) is 5. The summed E-state index contributed by atoms with van der Waals surface area (Å²) in [5, 5.41) is 3.24. The second kappa shape index (κ2) is 9.58. The van der Waals surface area contributed by atoms with Crippen molar-refractivity contribution in [2.24, 2.45) is 0 Å². The zero-order valence-electron chi connectivity index (χ0n) is 15.8. The van der Waals surface area contributed by atoms with Gasteiger partial charge in [0, 0.05) is 28.9 Å². The van der Waals surface area contributed by atoms with E-state index in [-0.39, 0.29) is 5.91 Å². The van der Waals surface area contributed by atoms with E-state index in [1.165, 1.54) is 17.4 Å². The maximum Gasteiger partial charge on any atom is 0.267 e. The van der Waals surface area contributed by atoms with Crippen LogP contribution in [-0.4, -0.2) is 34.9 Å². The van der Waals surface area contributed by atoms with Crippen molar-refractivity contribution < 1.29 is 4.79 Å². The Kier molecular flexibility index (Phi) is 7.15. The molecule has 2 aromatic rings. The molecule has 1 heterocycles. The molecule has 1 aliphatic rings. The molecular weight excluding hydrogens is 454 g/mol. The summed E-state index contributed by atoms with van der Waals surface area (Å²) >= 11 is 10.2. The summed E-state index contributed by atoms with van der Waals surface area (Å²) in [4.78, 5) is 17.3. The van der Waals surface area contributed by atoms with E-state index in [2.05, 4.69) is 52.1 Å². The maximum atomic E-state index is 12.8. The number of nitrogens with zero attached hydrogens (tertiary/aromatic N) is 2. The molecule has 28 heavy (non-hydrogen) atoms. The number of benzene rings is 2. The van der Waals surface area contributed by atoms with Crippen LogP contribution in [0.1, 0.15) is 19.4 Å². The summed E-state index contributed by atoms with van der Waals surface area (Å²) in [6, 6.07) is 16.1. The van der Waals surface area contributed by atoms with E-state index in [4.69, 9.17) is 12.2 Å². The summed E-state index contributed by atoms with van der Waals surface area (Å²) in [6.45, 7) is 6.58. The number of amides is 1. The van der Waals surface area contributed by atoms with Crippen molar-refractivity contribution in [3.63, 3.8) is 0 Å². The fourth-order valence-electron chi connectivity index (χ4n) is 2.90. The largest absolute Gasteiger partial charge is 0.372 e. The minimum Gasteiger partial charge on any atom is -0.372 e. The van der Waals surface area contributed by atoms with E-state index >= 15 is 0 Å². The van der Waals surface area contributed by atoms with Gasteiger partial charge in [-0.25, -0.2) is 0 Å². The fraction of sp³-hybridized carbons (Fsp3) is 0.238. The van der Waals surface area contributed by atoms with Crippen molar-refractivity contribution in [1.29, 1.82) is 0 Å². The smallest absolute Gasteiger partial charge is 0.267 e. The Bertz CT molecular complexity index is 878. The minimum absolute atomic E-state index is 0.0626. The van der Waals surface area contributed by atoms with Gasteiger partial charge in [0.1, 0.15) is 4.32 Å². The van der Waals surface area contributed by atoms with Crippen LogP contribution in [0.15, 0.2) is 57.9 Å². The first-order valence-electron chi connectivity index (χ1n) is 9.11. The average Bonchev–Trinajstić information content (AvgIpc) is 2.96. The number of carbonyl (C=O) groups excluding carboxylic acids is 1. The molecule has 0 saturated carbocycles. The van der Waals surface area contributed by atoms with Crippen LogP contribution in [0.3, 0.4) is 0 Å². The molecule has 4 nitrogen and oxygen atoms in total. The topological polar surface area (TPSA) is 35.6 Å². The molecule has 1 N–H and O–H groups in total. The molecule has 1 saturated heterocycles. The van der Waals surface area contributed by atoms with Gasteiger partial charge >= 0.3 is 0 Å². The molecule has 146 valence electrons. The van der Waals surface area contributed by atoms with Gasteiger partial charge in [0.2, 0.25) is 0 Å². The van der Waals surface area contributed by atoms with Gasteiger partial charge in [-0.15, -0.1) is 0 Å². The first kappa shape index (κ1) is 20.9. The average molecular weight is 476 g/mol. The molecule has 0 unspecified atom stereocenters. The summed E-state index contributed by atoms with van der Waals surface area (Å²) in [5.74, 6) is -0.0626. The van der Waals surface area contributed by atoms with Crippen molar-refractivity contribution in [3.05, 3.63) is 63.5 Å². The Balaban J connectivity index is 1.67. The molecule has 1 amide bonds. The first-order chi connectivity index (χ1) is 13.5. The minimum atomic E-state index is -0.0626. The highest BCUT2D eigenvalue weighted by atomic mass is 79.9.